The highest BCUT2D eigenvalue weighted by molar-refractivity contribution is 5.93. The van der Waals surface area contributed by atoms with E-state index >= 15 is 0 Å². The summed E-state index contributed by atoms with van der Waals surface area (Å²) in [6, 6.07) is 3.03. The number of piperazine rings is 1. The van der Waals surface area contributed by atoms with E-state index in [0.717, 1.165) is 13.1 Å². The molecule has 1 unspecified atom stereocenters. The van der Waals surface area contributed by atoms with E-state index in [0.29, 0.717) is 19.1 Å². The lowest BCUT2D eigenvalue weighted by atomic mass is 10.2. The molecule has 0 aromatic carbocycles. The maximum atomic E-state index is 12.2. The molecule has 104 valence electrons. The number of likely N-dealkylation sites (N-methyl/N-ethyl adjacent to an activating group) is 1. The number of rotatable bonds is 3. The molecule has 2 rings (SSSR count). The van der Waals surface area contributed by atoms with Crippen LogP contribution in [0.2, 0.25) is 0 Å². The van der Waals surface area contributed by atoms with Crippen LogP contribution in [0.25, 0.3) is 0 Å². The van der Waals surface area contributed by atoms with Crippen LogP contribution in [-0.4, -0.2) is 59.0 Å². The molecular weight excluding hydrogens is 248 g/mol. The number of carboxylic acids is 1. The molecule has 1 fully saturated rings. The molecule has 0 bridgehead atoms. The van der Waals surface area contributed by atoms with E-state index in [1.54, 1.807) is 4.90 Å². The topological polar surface area (TPSA) is 74.0 Å². The molecular formula is C13H18N2O4. The molecule has 1 saturated heterocycles. The molecule has 1 aliphatic rings. The van der Waals surface area contributed by atoms with Crippen LogP contribution < -0.4 is 0 Å². The molecule has 2 heterocycles. The number of hydrogen-bond donors (Lipinski definition) is 1. The number of carboxylic acid groups (broad SMARTS) is 1. The van der Waals surface area contributed by atoms with Gasteiger partial charge in [-0.1, -0.05) is 6.92 Å². The summed E-state index contributed by atoms with van der Waals surface area (Å²) in [6.45, 7) is 7.24. The fraction of sp³-hybridized carbons (Fsp3) is 0.538. The summed E-state index contributed by atoms with van der Waals surface area (Å²) < 4.78 is 5.04. The van der Waals surface area contributed by atoms with Crippen molar-refractivity contribution < 1.29 is 19.1 Å². The molecule has 0 aliphatic carbocycles. The Bertz CT molecular complexity index is 483. The summed E-state index contributed by atoms with van der Waals surface area (Å²) in [7, 11) is 0. The number of aromatic carboxylic acids is 1. The molecule has 6 heteroatoms. The largest absolute Gasteiger partial charge is 0.475 e. The van der Waals surface area contributed by atoms with Gasteiger partial charge < -0.3 is 14.4 Å². The number of carbonyl (C=O) groups excluding carboxylic acids is 1. The van der Waals surface area contributed by atoms with Gasteiger partial charge in [-0.3, -0.25) is 9.69 Å². The number of carbonyl (C=O) groups is 2. The van der Waals surface area contributed by atoms with Crippen LogP contribution in [0.15, 0.2) is 16.5 Å². The Hall–Kier alpha value is -1.82. The molecule has 0 saturated carbocycles. The van der Waals surface area contributed by atoms with Gasteiger partial charge in [0.2, 0.25) is 5.76 Å². The zero-order valence-electron chi connectivity index (χ0n) is 11.1. The Morgan fingerprint density at radius 3 is 2.58 bits per heavy atom. The number of hydrogen-bond acceptors (Lipinski definition) is 4. The third kappa shape index (κ3) is 2.78. The average Bonchev–Trinajstić information content (AvgIpc) is 2.87. The number of nitrogens with zero attached hydrogens (tertiary/aromatic N) is 2. The lowest BCUT2D eigenvalue weighted by molar-refractivity contribution is 0.0494. The van der Waals surface area contributed by atoms with Gasteiger partial charge in [-0.15, -0.1) is 0 Å². The summed E-state index contributed by atoms with van der Waals surface area (Å²) in [4.78, 5) is 26.9. The standard InChI is InChI=1S/C13H18N2O4/c1-3-14-6-7-15(8-9(14)2)12(16)10-4-5-11(19-10)13(17)18/h4-5,9H,3,6-8H2,1-2H3,(H,17,18). The van der Waals surface area contributed by atoms with Gasteiger partial charge in [0.25, 0.3) is 5.91 Å². The first-order valence-corrected chi connectivity index (χ1v) is 6.39. The quantitative estimate of drug-likeness (QED) is 0.888. The van der Waals surface area contributed by atoms with Crippen molar-refractivity contribution in [1.29, 1.82) is 0 Å². The van der Waals surface area contributed by atoms with Crippen LogP contribution in [0.3, 0.4) is 0 Å². The zero-order chi connectivity index (χ0) is 14.0. The second-order valence-corrected chi connectivity index (χ2v) is 4.70. The normalized spacial score (nSPS) is 20.5. The van der Waals surface area contributed by atoms with Gasteiger partial charge >= 0.3 is 5.97 Å². The first kappa shape index (κ1) is 13.6. The summed E-state index contributed by atoms with van der Waals surface area (Å²) >= 11 is 0. The van der Waals surface area contributed by atoms with Gasteiger partial charge in [-0.25, -0.2) is 4.79 Å². The molecule has 1 aliphatic heterocycles. The first-order valence-electron chi connectivity index (χ1n) is 6.39. The van der Waals surface area contributed by atoms with Gasteiger partial charge in [0.15, 0.2) is 5.76 Å². The van der Waals surface area contributed by atoms with E-state index in [4.69, 9.17) is 9.52 Å². The highest BCUT2D eigenvalue weighted by atomic mass is 16.4. The highest BCUT2D eigenvalue weighted by Crippen LogP contribution is 2.15. The number of amides is 1. The fourth-order valence-corrected chi connectivity index (χ4v) is 2.37. The van der Waals surface area contributed by atoms with Crippen LogP contribution in [-0.2, 0) is 0 Å². The van der Waals surface area contributed by atoms with Crippen molar-refractivity contribution in [2.45, 2.75) is 19.9 Å². The Morgan fingerprint density at radius 2 is 2.05 bits per heavy atom. The van der Waals surface area contributed by atoms with Gasteiger partial charge in [-0.05, 0) is 25.6 Å². The monoisotopic (exact) mass is 266 g/mol. The molecule has 1 aromatic rings. The molecule has 1 amide bonds. The van der Waals surface area contributed by atoms with E-state index in [1.165, 1.54) is 12.1 Å². The molecule has 0 spiro atoms. The third-order valence-electron chi connectivity index (χ3n) is 3.49. The van der Waals surface area contributed by atoms with Crippen molar-refractivity contribution in [2.75, 3.05) is 26.2 Å². The maximum Gasteiger partial charge on any atom is 0.371 e. The zero-order valence-corrected chi connectivity index (χ0v) is 11.1. The average molecular weight is 266 g/mol. The maximum absolute atomic E-state index is 12.2. The van der Waals surface area contributed by atoms with Crippen molar-refractivity contribution in [3.8, 4) is 0 Å². The van der Waals surface area contributed by atoms with E-state index in [9.17, 15) is 9.59 Å². The Kier molecular flexibility index (Phi) is 3.90. The third-order valence-corrected chi connectivity index (χ3v) is 3.49. The Labute approximate surface area is 111 Å². The predicted molar refractivity (Wildman–Crippen MR) is 68.3 cm³/mol. The van der Waals surface area contributed by atoms with Crippen LogP contribution in [0.4, 0.5) is 0 Å². The lowest BCUT2D eigenvalue weighted by Crippen LogP contribution is -2.53. The Morgan fingerprint density at radius 1 is 1.37 bits per heavy atom. The van der Waals surface area contributed by atoms with Crippen LogP contribution in [0, 0.1) is 0 Å². The minimum Gasteiger partial charge on any atom is -0.475 e. The number of furan rings is 1. The second kappa shape index (κ2) is 5.44. The van der Waals surface area contributed by atoms with Gasteiger partial charge in [-0.2, -0.15) is 0 Å². The van der Waals surface area contributed by atoms with E-state index in [-0.39, 0.29) is 17.4 Å². The van der Waals surface area contributed by atoms with E-state index in [2.05, 4.69) is 18.7 Å². The summed E-state index contributed by atoms with van der Waals surface area (Å²) in [5.41, 5.74) is 0. The lowest BCUT2D eigenvalue weighted by Gasteiger charge is -2.38. The molecule has 1 aromatic heterocycles. The predicted octanol–water partition coefficient (Wildman–Crippen LogP) is 1.14. The van der Waals surface area contributed by atoms with Crippen LogP contribution >= 0.6 is 0 Å². The van der Waals surface area contributed by atoms with Crippen molar-refractivity contribution in [3.05, 3.63) is 23.7 Å². The minimum atomic E-state index is -1.16. The van der Waals surface area contributed by atoms with E-state index in [1.807, 2.05) is 0 Å². The molecule has 1 N–H and O–H groups in total. The van der Waals surface area contributed by atoms with Crippen molar-refractivity contribution in [2.24, 2.45) is 0 Å². The van der Waals surface area contributed by atoms with Crippen molar-refractivity contribution in [1.82, 2.24) is 9.80 Å². The molecule has 1 atom stereocenters. The Balaban J connectivity index is 2.05. The molecule has 6 nitrogen and oxygen atoms in total. The summed E-state index contributed by atoms with van der Waals surface area (Å²) in [5, 5.41) is 8.77. The van der Waals surface area contributed by atoms with Gasteiger partial charge in [0.1, 0.15) is 0 Å². The van der Waals surface area contributed by atoms with Crippen molar-refractivity contribution >= 4 is 11.9 Å². The van der Waals surface area contributed by atoms with Gasteiger partial charge in [0.05, 0.1) is 0 Å². The molecule has 0 radical (unpaired) electrons. The first-order chi connectivity index (χ1) is 9.02. The fourth-order valence-electron chi connectivity index (χ4n) is 2.37. The minimum absolute atomic E-state index is 0.0922. The van der Waals surface area contributed by atoms with Crippen molar-refractivity contribution in [3.63, 3.8) is 0 Å². The summed E-state index contributed by atoms with van der Waals surface area (Å²) in [5.74, 6) is -1.52. The summed E-state index contributed by atoms with van der Waals surface area (Å²) in [6.07, 6.45) is 0. The van der Waals surface area contributed by atoms with Crippen LogP contribution in [0.1, 0.15) is 35.0 Å². The van der Waals surface area contributed by atoms with Gasteiger partial charge in [0, 0.05) is 25.7 Å². The SMILES string of the molecule is CCN1CCN(C(=O)c2ccc(C(=O)O)o2)CC1C. The second-order valence-electron chi connectivity index (χ2n) is 4.70. The smallest absolute Gasteiger partial charge is 0.371 e. The highest BCUT2D eigenvalue weighted by Gasteiger charge is 2.28. The molecule has 19 heavy (non-hydrogen) atoms. The van der Waals surface area contributed by atoms with Crippen LogP contribution in [0.5, 0.6) is 0 Å². The van der Waals surface area contributed by atoms with E-state index < -0.39 is 5.97 Å².